The number of hydrogen-bond donors (Lipinski definition) is 3. The van der Waals surface area contributed by atoms with Crippen LogP contribution in [0.1, 0.15) is 23.2 Å². The molecule has 1 unspecified atom stereocenters. The van der Waals surface area contributed by atoms with Crippen LogP contribution in [0.15, 0.2) is 52.0 Å². The molecule has 166 valence electrons. The highest BCUT2D eigenvalue weighted by atomic mass is 35.5. The van der Waals surface area contributed by atoms with Crippen molar-refractivity contribution >= 4 is 23.0 Å². The van der Waals surface area contributed by atoms with E-state index in [1.165, 1.54) is 12.1 Å². The zero-order chi connectivity index (χ0) is 22.7. The van der Waals surface area contributed by atoms with Crippen molar-refractivity contribution in [3.63, 3.8) is 0 Å². The molecule has 32 heavy (non-hydrogen) atoms. The molecule has 0 radical (unpaired) electrons. The quantitative estimate of drug-likeness (QED) is 0.461. The van der Waals surface area contributed by atoms with Gasteiger partial charge in [0.05, 0.1) is 18.4 Å². The third kappa shape index (κ3) is 4.49. The molecule has 4 rings (SSSR count). The molecule has 0 saturated carbocycles. The Labute approximate surface area is 184 Å². The Morgan fingerprint density at radius 3 is 2.72 bits per heavy atom. The van der Waals surface area contributed by atoms with E-state index in [1.54, 1.807) is 0 Å². The number of hydrogen-bond acceptors (Lipinski definition) is 8. The molecule has 2 aromatic heterocycles. The van der Waals surface area contributed by atoms with Crippen LogP contribution in [-0.2, 0) is 0 Å². The fourth-order valence-corrected chi connectivity index (χ4v) is 3.50. The van der Waals surface area contributed by atoms with Crippen molar-refractivity contribution in [2.24, 2.45) is 4.99 Å². The molecule has 1 aromatic carbocycles. The highest BCUT2D eigenvalue weighted by Gasteiger charge is 2.33. The van der Waals surface area contributed by atoms with Gasteiger partial charge in [-0.2, -0.15) is 0 Å². The number of rotatable bonds is 7. The first kappa shape index (κ1) is 21.9. The Morgan fingerprint density at radius 2 is 2.03 bits per heavy atom. The summed E-state index contributed by atoms with van der Waals surface area (Å²) in [5.41, 5.74) is 1.03. The van der Waals surface area contributed by atoms with Gasteiger partial charge in [0.1, 0.15) is 23.4 Å². The Kier molecular flexibility index (Phi) is 6.49. The lowest BCUT2D eigenvalue weighted by atomic mass is 9.95. The Bertz CT molecular complexity index is 1190. The molecule has 0 amide bonds. The summed E-state index contributed by atoms with van der Waals surface area (Å²) < 4.78 is 47.0. The number of aliphatic hydroxyl groups is 1. The largest absolute Gasteiger partial charge is 0.424 e. The van der Waals surface area contributed by atoms with E-state index in [1.807, 2.05) is 0 Å². The highest BCUT2D eigenvalue weighted by Crippen LogP contribution is 2.40. The summed E-state index contributed by atoms with van der Waals surface area (Å²) in [6.45, 7) is 0.306. The Hall–Kier alpha value is -3.28. The third-order valence-corrected chi connectivity index (χ3v) is 4.92. The minimum Gasteiger partial charge on any atom is -0.424 e. The Balaban J connectivity index is 1.88. The minimum atomic E-state index is -0.927. The van der Waals surface area contributed by atoms with Gasteiger partial charge in [-0.05, 0) is 12.1 Å². The lowest BCUT2D eigenvalue weighted by Gasteiger charge is -2.27. The van der Waals surface area contributed by atoms with E-state index in [0.717, 1.165) is 18.7 Å². The first-order valence-electron chi connectivity index (χ1n) is 9.40. The van der Waals surface area contributed by atoms with Gasteiger partial charge >= 0.3 is 0 Å². The molecular formula is C20H16ClF3N6O2. The number of aliphatic hydroxyl groups excluding tert-OH is 1. The zero-order valence-corrected chi connectivity index (χ0v) is 17.1. The second-order valence-electron chi connectivity index (χ2n) is 6.69. The first-order chi connectivity index (χ1) is 15.5. The molecule has 3 heterocycles. The van der Waals surface area contributed by atoms with Crippen LogP contribution in [0, 0.1) is 17.5 Å². The zero-order valence-electron chi connectivity index (χ0n) is 16.3. The van der Waals surface area contributed by atoms with Crippen molar-refractivity contribution in [3.05, 3.63) is 82.2 Å². The van der Waals surface area contributed by atoms with Crippen LogP contribution in [0.25, 0.3) is 5.57 Å². The van der Waals surface area contributed by atoms with E-state index in [-0.39, 0.29) is 42.1 Å². The molecule has 0 saturated heterocycles. The lowest BCUT2D eigenvalue weighted by molar-refractivity contribution is 0.294. The lowest BCUT2D eigenvalue weighted by Crippen LogP contribution is -2.37. The number of aromatic nitrogens is 3. The average molecular weight is 465 g/mol. The van der Waals surface area contributed by atoms with Crippen LogP contribution >= 0.6 is 11.6 Å². The van der Waals surface area contributed by atoms with Crippen molar-refractivity contribution in [3.8, 4) is 0 Å². The van der Waals surface area contributed by atoms with Crippen molar-refractivity contribution < 1.29 is 22.7 Å². The summed E-state index contributed by atoms with van der Waals surface area (Å²) in [4.78, 5) is 8.34. The fourth-order valence-electron chi connectivity index (χ4n) is 3.23. The van der Waals surface area contributed by atoms with Crippen LogP contribution in [0.3, 0.4) is 0 Å². The summed E-state index contributed by atoms with van der Waals surface area (Å²) >= 11 is 6.30. The molecule has 0 fully saturated rings. The summed E-state index contributed by atoms with van der Waals surface area (Å²) in [5, 5.41) is 22.8. The number of nitrogens with zero attached hydrogens (tertiary/aromatic N) is 4. The Morgan fingerprint density at radius 1 is 1.19 bits per heavy atom. The van der Waals surface area contributed by atoms with Crippen molar-refractivity contribution in [2.75, 3.05) is 19.7 Å². The molecule has 12 heteroatoms. The van der Waals surface area contributed by atoms with Gasteiger partial charge in [0.2, 0.25) is 12.3 Å². The summed E-state index contributed by atoms with van der Waals surface area (Å²) in [7, 11) is 0. The summed E-state index contributed by atoms with van der Waals surface area (Å²) in [6, 6.07) is 3.56. The maximum atomic E-state index is 14.5. The number of pyridine rings is 1. The van der Waals surface area contributed by atoms with E-state index in [2.05, 4.69) is 30.8 Å². The van der Waals surface area contributed by atoms with Crippen LogP contribution in [0.2, 0.25) is 5.02 Å². The molecule has 1 atom stereocenters. The molecule has 1 aliphatic rings. The monoisotopic (exact) mass is 464 g/mol. The van der Waals surface area contributed by atoms with E-state index < -0.39 is 23.5 Å². The molecule has 3 N–H and O–H groups in total. The van der Waals surface area contributed by atoms with E-state index in [9.17, 15) is 13.2 Å². The number of benzene rings is 1. The van der Waals surface area contributed by atoms with E-state index in [4.69, 9.17) is 21.1 Å². The normalized spacial score (nSPS) is 16.2. The average Bonchev–Trinajstić information content (AvgIpc) is 3.28. The maximum absolute atomic E-state index is 14.5. The van der Waals surface area contributed by atoms with Gasteiger partial charge in [-0.1, -0.05) is 17.7 Å². The molecule has 1 aliphatic heterocycles. The summed E-state index contributed by atoms with van der Waals surface area (Å²) in [6.07, 6.45) is 1.99. The van der Waals surface area contributed by atoms with Crippen LogP contribution in [0.4, 0.5) is 13.2 Å². The van der Waals surface area contributed by atoms with Gasteiger partial charge in [0.25, 0.3) is 0 Å². The van der Waals surface area contributed by atoms with Crippen molar-refractivity contribution in [2.45, 2.75) is 6.04 Å². The number of aliphatic imine (C=N–C) groups is 1. The predicted molar refractivity (Wildman–Crippen MR) is 109 cm³/mol. The smallest absolute Gasteiger partial charge is 0.247 e. The predicted octanol–water partition coefficient (Wildman–Crippen LogP) is 2.62. The van der Waals surface area contributed by atoms with Gasteiger partial charge in [-0.15, -0.1) is 10.2 Å². The number of nitrogens with one attached hydrogen (secondary N) is 2. The summed E-state index contributed by atoms with van der Waals surface area (Å²) in [5.74, 6) is -2.20. The van der Waals surface area contributed by atoms with E-state index in [0.29, 0.717) is 22.9 Å². The third-order valence-electron chi connectivity index (χ3n) is 4.60. The first-order valence-corrected chi connectivity index (χ1v) is 9.78. The molecule has 8 nitrogen and oxygen atoms in total. The highest BCUT2D eigenvalue weighted by molar-refractivity contribution is 6.31. The van der Waals surface area contributed by atoms with Gasteiger partial charge in [0.15, 0.2) is 11.7 Å². The minimum absolute atomic E-state index is 0.00282. The standard InChI is InChI=1S/C20H16ClF3N6O2/c21-13-5-10(22)1-2-12(13)17-16(20-30-27-9-32-20)15(8-25-3-4-31)28-19(29-17)18-14(24)6-11(23)7-26-18/h1-2,5-7,9,17,25,31H,3-4,8H2,(H,28,29). The molecule has 0 bridgehead atoms. The second-order valence-corrected chi connectivity index (χ2v) is 7.10. The van der Waals surface area contributed by atoms with Gasteiger partial charge in [0, 0.05) is 35.4 Å². The molecule has 3 aromatic rings. The van der Waals surface area contributed by atoms with Gasteiger partial charge < -0.3 is 20.2 Å². The second kappa shape index (κ2) is 9.47. The van der Waals surface area contributed by atoms with Crippen LogP contribution in [0.5, 0.6) is 0 Å². The van der Waals surface area contributed by atoms with E-state index >= 15 is 0 Å². The van der Waals surface area contributed by atoms with Gasteiger partial charge in [-0.25, -0.2) is 18.2 Å². The van der Waals surface area contributed by atoms with Crippen LogP contribution < -0.4 is 10.6 Å². The SMILES string of the molecule is OCCNCC1=C(c2nnco2)C(c2ccc(F)cc2Cl)N=C(c2ncc(F)cc2F)N1. The van der Waals surface area contributed by atoms with Crippen molar-refractivity contribution in [1.29, 1.82) is 0 Å². The fraction of sp³-hybridized carbons (Fsp3) is 0.200. The topological polar surface area (TPSA) is 108 Å². The number of amidine groups is 1. The maximum Gasteiger partial charge on any atom is 0.247 e. The molecule has 0 aliphatic carbocycles. The number of halogens is 4. The van der Waals surface area contributed by atoms with Gasteiger partial charge in [-0.3, -0.25) is 4.99 Å². The van der Waals surface area contributed by atoms with Crippen LogP contribution in [-0.4, -0.2) is 45.8 Å². The molecular weight excluding hydrogens is 449 g/mol. The van der Waals surface area contributed by atoms with Crippen molar-refractivity contribution in [1.82, 2.24) is 25.8 Å². The molecule has 0 spiro atoms.